The van der Waals surface area contributed by atoms with Gasteiger partial charge in [0, 0.05) is 23.6 Å². The van der Waals surface area contributed by atoms with Gasteiger partial charge >= 0.3 is 5.97 Å². The molecular weight excluding hydrogens is 340 g/mol. The van der Waals surface area contributed by atoms with E-state index in [1.807, 2.05) is 55.7 Å². The van der Waals surface area contributed by atoms with Crippen LogP contribution in [0.2, 0.25) is 0 Å². The molecule has 27 heavy (non-hydrogen) atoms. The fourth-order valence-corrected chi connectivity index (χ4v) is 3.27. The standard InChI is InChI=1S/C22H30N2O3/c1-7-14(3)18-11-9-10-12-20(18)23-21(25)17(6)27-22(26)19-13-15(4)24(8-2)16(19)5/h9-14,17H,7-8H2,1-6H3,(H,23,25)/t14-,17-/m0/s1. The minimum absolute atomic E-state index is 0.330. The van der Waals surface area contributed by atoms with Crippen LogP contribution in [0, 0.1) is 13.8 Å². The second kappa shape index (κ2) is 8.89. The van der Waals surface area contributed by atoms with Crippen molar-refractivity contribution in [1.82, 2.24) is 4.57 Å². The average molecular weight is 370 g/mol. The molecule has 1 amide bonds. The van der Waals surface area contributed by atoms with E-state index in [0.29, 0.717) is 11.5 Å². The number of aromatic nitrogens is 1. The van der Waals surface area contributed by atoms with Gasteiger partial charge in [-0.2, -0.15) is 0 Å². The quantitative estimate of drug-likeness (QED) is 0.711. The Bertz CT molecular complexity index is 823. The van der Waals surface area contributed by atoms with Crippen LogP contribution in [-0.4, -0.2) is 22.5 Å². The van der Waals surface area contributed by atoms with E-state index in [4.69, 9.17) is 4.74 Å². The van der Waals surface area contributed by atoms with Crippen LogP contribution >= 0.6 is 0 Å². The Morgan fingerprint density at radius 3 is 2.41 bits per heavy atom. The predicted octanol–water partition coefficient (Wildman–Crippen LogP) is 4.82. The first-order chi connectivity index (χ1) is 12.8. The molecule has 0 fully saturated rings. The highest BCUT2D eigenvalue weighted by molar-refractivity contribution is 5.98. The van der Waals surface area contributed by atoms with Crippen LogP contribution in [0.3, 0.4) is 0 Å². The lowest BCUT2D eigenvalue weighted by Crippen LogP contribution is -2.30. The number of carbonyl (C=O) groups excluding carboxylic acids is 2. The molecule has 146 valence electrons. The SMILES string of the molecule is CC[C@H](C)c1ccccc1NC(=O)[C@H](C)OC(=O)c1cc(C)n(CC)c1C. The van der Waals surface area contributed by atoms with E-state index < -0.39 is 12.1 Å². The van der Waals surface area contributed by atoms with Crippen LogP contribution in [0.25, 0.3) is 0 Å². The minimum Gasteiger partial charge on any atom is -0.449 e. The van der Waals surface area contributed by atoms with Crippen LogP contribution in [0.4, 0.5) is 5.69 Å². The van der Waals surface area contributed by atoms with Gasteiger partial charge < -0.3 is 14.6 Å². The van der Waals surface area contributed by atoms with E-state index >= 15 is 0 Å². The number of ether oxygens (including phenoxy) is 1. The minimum atomic E-state index is -0.882. The molecule has 1 N–H and O–H groups in total. The topological polar surface area (TPSA) is 60.3 Å². The molecule has 0 spiro atoms. The van der Waals surface area contributed by atoms with Crippen molar-refractivity contribution in [3.05, 3.63) is 52.8 Å². The lowest BCUT2D eigenvalue weighted by atomic mass is 9.97. The highest BCUT2D eigenvalue weighted by Crippen LogP contribution is 2.26. The number of hydrogen-bond donors (Lipinski definition) is 1. The van der Waals surface area contributed by atoms with Crippen molar-refractivity contribution in [3.63, 3.8) is 0 Å². The van der Waals surface area contributed by atoms with Gasteiger partial charge in [-0.1, -0.05) is 32.0 Å². The molecule has 0 unspecified atom stereocenters. The molecule has 0 aliphatic heterocycles. The summed E-state index contributed by atoms with van der Waals surface area (Å²) in [5, 5.41) is 2.90. The molecule has 0 bridgehead atoms. The third kappa shape index (κ3) is 4.59. The van der Waals surface area contributed by atoms with Crippen molar-refractivity contribution >= 4 is 17.6 Å². The number of amides is 1. The summed E-state index contributed by atoms with van der Waals surface area (Å²) in [4.78, 5) is 25.1. The molecule has 0 saturated carbocycles. The van der Waals surface area contributed by atoms with Gasteiger partial charge in [0.25, 0.3) is 5.91 Å². The van der Waals surface area contributed by atoms with Gasteiger partial charge in [-0.3, -0.25) is 4.79 Å². The van der Waals surface area contributed by atoms with E-state index in [1.165, 1.54) is 0 Å². The zero-order valence-corrected chi connectivity index (χ0v) is 17.1. The van der Waals surface area contributed by atoms with Gasteiger partial charge in [0.1, 0.15) is 0 Å². The molecule has 0 aliphatic rings. The number of nitrogens with zero attached hydrogens (tertiary/aromatic N) is 1. The van der Waals surface area contributed by atoms with Crippen LogP contribution < -0.4 is 5.32 Å². The fraction of sp³-hybridized carbons (Fsp3) is 0.455. The zero-order valence-electron chi connectivity index (χ0n) is 17.1. The Labute approximate surface area is 161 Å². The van der Waals surface area contributed by atoms with Gasteiger partial charge in [-0.25, -0.2) is 4.79 Å². The molecule has 2 rings (SSSR count). The maximum absolute atomic E-state index is 12.6. The number of carbonyl (C=O) groups is 2. The number of anilines is 1. The van der Waals surface area contributed by atoms with Crippen LogP contribution in [-0.2, 0) is 16.1 Å². The molecular formula is C22H30N2O3. The predicted molar refractivity (Wildman–Crippen MR) is 108 cm³/mol. The van der Waals surface area contributed by atoms with Crippen LogP contribution in [0.15, 0.2) is 30.3 Å². The highest BCUT2D eigenvalue weighted by Gasteiger charge is 2.23. The van der Waals surface area contributed by atoms with E-state index in [9.17, 15) is 9.59 Å². The largest absolute Gasteiger partial charge is 0.449 e. The Morgan fingerprint density at radius 2 is 1.81 bits per heavy atom. The zero-order chi connectivity index (χ0) is 20.1. The van der Waals surface area contributed by atoms with Crippen molar-refractivity contribution < 1.29 is 14.3 Å². The molecule has 1 aromatic carbocycles. The summed E-state index contributed by atoms with van der Waals surface area (Å²) in [6, 6.07) is 9.55. The van der Waals surface area contributed by atoms with Crippen molar-refractivity contribution in [3.8, 4) is 0 Å². The first-order valence-electron chi connectivity index (χ1n) is 9.57. The van der Waals surface area contributed by atoms with Gasteiger partial charge in [-0.05, 0) is 57.7 Å². The second-order valence-corrected chi connectivity index (χ2v) is 6.96. The number of hydrogen-bond acceptors (Lipinski definition) is 3. The molecule has 5 nitrogen and oxygen atoms in total. The van der Waals surface area contributed by atoms with Gasteiger partial charge in [0.05, 0.1) is 5.56 Å². The molecule has 0 aliphatic carbocycles. The molecule has 1 heterocycles. The smallest absolute Gasteiger partial charge is 0.340 e. The third-order valence-corrected chi connectivity index (χ3v) is 5.12. The Kier molecular flexibility index (Phi) is 6.83. The first-order valence-corrected chi connectivity index (χ1v) is 9.57. The van der Waals surface area contributed by atoms with Crippen molar-refractivity contribution in [2.45, 2.75) is 66.5 Å². The molecule has 0 radical (unpaired) electrons. The lowest BCUT2D eigenvalue weighted by Gasteiger charge is -2.18. The van der Waals surface area contributed by atoms with Gasteiger partial charge in [0.15, 0.2) is 6.10 Å². The van der Waals surface area contributed by atoms with E-state index in [0.717, 1.165) is 35.6 Å². The molecule has 2 aromatic rings. The summed E-state index contributed by atoms with van der Waals surface area (Å²) in [6.07, 6.45) is 0.0944. The summed E-state index contributed by atoms with van der Waals surface area (Å²) in [7, 11) is 0. The molecule has 0 saturated heterocycles. The lowest BCUT2D eigenvalue weighted by molar-refractivity contribution is -0.123. The molecule has 1 aromatic heterocycles. The van der Waals surface area contributed by atoms with Gasteiger partial charge in [-0.15, -0.1) is 0 Å². The summed E-state index contributed by atoms with van der Waals surface area (Å²) >= 11 is 0. The van der Waals surface area contributed by atoms with Crippen molar-refractivity contribution in [1.29, 1.82) is 0 Å². The number of nitrogens with one attached hydrogen (secondary N) is 1. The summed E-state index contributed by atoms with van der Waals surface area (Å²) < 4.78 is 7.47. The fourth-order valence-electron chi connectivity index (χ4n) is 3.27. The van der Waals surface area contributed by atoms with Crippen molar-refractivity contribution in [2.75, 3.05) is 5.32 Å². The summed E-state index contributed by atoms with van der Waals surface area (Å²) in [6.45, 7) is 12.5. The average Bonchev–Trinajstić information content (AvgIpc) is 2.95. The number of para-hydroxylation sites is 1. The van der Waals surface area contributed by atoms with Crippen molar-refractivity contribution in [2.24, 2.45) is 0 Å². The summed E-state index contributed by atoms with van der Waals surface area (Å²) in [5.74, 6) is -0.470. The van der Waals surface area contributed by atoms with E-state index in [1.54, 1.807) is 6.92 Å². The maximum Gasteiger partial charge on any atom is 0.340 e. The van der Waals surface area contributed by atoms with E-state index in [2.05, 4.69) is 19.2 Å². The van der Waals surface area contributed by atoms with Gasteiger partial charge in [0.2, 0.25) is 0 Å². The number of benzene rings is 1. The number of rotatable bonds is 7. The third-order valence-electron chi connectivity index (χ3n) is 5.12. The molecule has 5 heteroatoms. The normalized spacial score (nSPS) is 13.1. The molecule has 2 atom stereocenters. The number of aryl methyl sites for hydroxylation is 1. The Balaban J connectivity index is 2.10. The van der Waals surface area contributed by atoms with Crippen LogP contribution in [0.1, 0.15) is 67.3 Å². The first kappa shape index (κ1) is 20.7. The highest BCUT2D eigenvalue weighted by atomic mass is 16.5. The van der Waals surface area contributed by atoms with Crippen LogP contribution in [0.5, 0.6) is 0 Å². The Morgan fingerprint density at radius 1 is 1.15 bits per heavy atom. The maximum atomic E-state index is 12.6. The van der Waals surface area contributed by atoms with E-state index in [-0.39, 0.29) is 5.91 Å². The Hall–Kier alpha value is -2.56. The number of esters is 1. The second-order valence-electron chi connectivity index (χ2n) is 6.96. The summed E-state index contributed by atoms with van der Waals surface area (Å²) in [5.41, 5.74) is 4.22. The monoisotopic (exact) mass is 370 g/mol.